The number of carbonyl (C=O) groups is 1. The number of methoxy groups -OCH3 is 2. The second-order valence-corrected chi connectivity index (χ2v) is 8.50. The van der Waals surface area contributed by atoms with Crippen molar-refractivity contribution in [1.82, 2.24) is 4.98 Å². The van der Waals surface area contributed by atoms with E-state index in [0.29, 0.717) is 0 Å². The van der Waals surface area contributed by atoms with Gasteiger partial charge in [-0.2, -0.15) is 0 Å². The van der Waals surface area contributed by atoms with E-state index < -0.39 is 58.2 Å². The standard InChI is InChI=1S/C20H20F5N3O4S/c1-31-16-13(5-4-12(21)15(16)22)28-9-7-19(32-2,20(23,24)25)17(28)18(29)27-11-6-8-26-14(10-11)33(3)30/h4-6,8,10,17H,7,9H2,1-3H3,(H,26,27,29). The van der Waals surface area contributed by atoms with Crippen molar-refractivity contribution in [2.24, 2.45) is 0 Å². The van der Waals surface area contributed by atoms with Crippen LogP contribution in [0, 0.1) is 11.6 Å². The van der Waals surface area contributed by atoms with E-state index in [-0.39, 0.29) is 22.9 Å². The van der Waals surface area contributed by atoms with Crippen LogP contribution in [0.5, 0.6) is 5.75 Å². The first kappa shape index (κ1) is 25.0. The molecular formula is C20H20F5N3O4S. The third-order valence-corrected chi connectivity index (χ3v) is 6.22. The van der Waals surface area contributed by atoms with Crippen molar-refractivity contribution in [2.75, 3.05) is 37.2 Å². The van der Waals surface area contributed by atoms with Gasteiger partial charge in [-0.3, -0.25) is 0 Å². The first-order chi connectivity index (χ1) is 15.5. The van der Waals surface area contributed by atoms with E-state index in [1.54, 1.807) is 0 Å². The normalized spacial score (nSPS) is 20.8. The summed E-state index contributed by atoms with van der Waals surface area (Å²) in [7, 11) is 0.351. The molecule has 0 saturated carbocycles. The molecule has 2 heterocycles. The number of rotatable bonds is 5. The summed E-state index contributed by atoms with van der Waals surface area (Å²) in [4.78, 5) is 18.1. The number of aromatic nitrogens is 1. The predicted octanol–water partition coefficient (Wildman–Crippen LogP) is 3.49. The van der Waals surface area contributed by atoms with E-state index in [1.807, 2.05) is 0 Å². The summed E-state index contributed by atoms with van der Waals surface area (Å²) in [5.41, 5.74) is -3.14. The van der Waals surface area contributed by atoms with Crippen LogP contribution in [0.3, 0.4) is 0 Å². The van der Waals surface area contributed by atoms with Crippen molar-refractivity contribution in [3.8, 4) is 5.75 Å². The first-order valence-electron chi connectivity index (χ1n) is 9.47. The predicted molar refractivity (Wildman–Crippen MR) is 110 cm³/mol. The zero-order valence-corrected chi connectivity index (χ0v) is 18.5. The molecule has 3 rings (SSSR count). The molecule has 2 atom stereocenters. The fraction of sp³-hybridized carbons (Fsp3) is 0.400. The number of ether oxygens (including phenoxy) is 2. The quantitative estimate of drug-likeness (QED) is 0.392. The van der Waals surface area contributed by atoms with Gasteiger partial charge in [-0.05, 0) is 0 Å². The molecule has 7 nitrogen and oxygen atoms in total. The van der Waals surface area contributed by atoms with Gasteiger partial charge in [0.2, 0.25) is 0 Å². The van der Waals surface area contributed by atoms with Gasteiger partial charge in [0.05, 0.1) is 0 Å². The van der Waals surface area contributed by atoms with Crippen molar-refractivity contribution in [3.05, 3.63) is 42.1 Å². The molecule has 2 aromatic rings. The van der Waals surface area contributed by atoms with Crippen LogP contribution >= 0.6 is 0 Å². The number of hydrogen-bond acceptors (Lipinski definition) is 6. The number of nitrogens with one attached hydrogen (secondary N) is 1. The van der Waals surface area contributed by atoms with Crippen molar-refractivity contribution in [2.45, 2.75) is 29.3 Å². The van der Waals surface area contributed by atoms with Crippen LogP contribution in [0.15, 0.2) is 35.5 Å². The summed E-state index contributed by atoms with van der Waals surface area (Å²) in [6, 6.07) is 2.31. The van der Waals surface area contributed by atoms with Gasteiger partial charge in [0.25, 0.3) is 0 Å². The molecule has 180 valence electrons. The number of carbonyl (C=O) groups excluding carboxylic acids is 1. The molecule has 1 aliphatic rings. The summed E-state index contributed by atoms with van der Waals surface area (Å²) < 4.78 is 92.0. The van der Waals surface area contributed by atoms with Crippen molar-refractivity contribution < 1.29 is 40.3 Å². The molecule has 0 spiro atoms. The van der Waals surface area contributed by atoms with Gasteiger partial charge in [0.15, 0.2) is 0 Å². The van der Waals surface area contributed by atoms with Gasteiger partial charge in [-0.1, -0.05) is 0 Å². The van der Waals surface area contributed by atoms with Crippen LogP contribution in [0.4, 0.5) is 33.3 Å². The summed E-state index contributed by atoms with van der Waals surface area (Å²) >= 11 is 0. The molecule has 0 aliphatic carbocycles. The molecule has 1 amide bonds. The van der Waals surface area contributed by atoms with Gasteiger partial charge >= 0.3 is 183 Å². The minimum absolute atomic E-state index is 0.0523. The second-order valence-electron chi connectivity index (χ2n) is 7.18. The van der Waals surface area contributed by atoms with Crippen LogP contribution in [0.2, 0.25) is 0 Å². The maximum absolute atomic E-state index is 14.3. The van der Waals surface area contributed by atoms with Crippen molar-refractivity contribution >= 4 is 27.9 Å². The monoisotopic (exact) mass is 493 g/mol. The molecule has 1 saturated heterocycles. The number of pyridine rings is 1. The fourth-order valence-corrected chi connectivity index (χ4v) is 4.34. The Morgan fingerprint density at radius 3 is 2.58 bits per heavy atom. The van der Waals surface area contributed by atoms with Crippen LogP contribution in [0.1, 0.15) is 6.42 Å². The molecule has 33 heavy (non-hydrogen) atoms. The average Bonchev–Trinajstić information content (AvgIpc) is 3.16. The molecule has 13 heteroatoms. The summed E-state index contributed by atoms with van der Waals surface area (Å²) in [5, 5.41) is 2.46. The summed E-state index contributed by atoms with van der Waals surface area (Å²) in [6.07, 6.45) is -3.06. The number of anilines is 2. The van der Waals surface area contributed by atoms with Crippen LogP contribution in [0.25, 0.3) is 0 Å². The number of alkyl halides is 3. The SMILES string of the molecule is COc1c(N2CCC(OC)(C(F)(F)F)C2C(=O)Nc2ccnc([S-](C)#[O+])c2)ccc(F)c1F. The number of nitrogens with zero attached hydrogens (tertiary/aromatic N) is 2. The van der Waals surface area contributed by atoms with Crippen molar-refractivity contribution in [1.29, 1.82) is 0 Å². The fourth-order valence-electron chi connectivity index (χ4n) is 3.84. The Morgan fingerprint density at radius 2 is 2.00 bits per heavy atom. The van der Waals surface area contributed by atoms with E-state index in [1.165, 1.54) is 24.6 Å². The Hall–Kier alpha value is -2.64. The molecule has 1 N–H and O–H groups in total. The van der Waals surface area contributed by atoms with Gasteiger partial charge in [-0.15, -0.1) is 0 Å². The molecule has 0 radical (unpaired) electrons. The molecular weight excluding hydrogens is 473 g/mol. The third-order valence-electron chi connectivity index (χ3n) is 5.41. The Labute approximate surface area is 188 Å². The molecule has 0 bridgehead atoms. The Morgan fingerprint density at radius 1 is 1.30 bits per heavy atom. The topological polar surface area (TPSA) is 83.6 Å². The third kappa shape index (κ3) is 4.44. The Balaban J connectivity index is 2.11. The number of amides is 1. The second kappa shape index (κ2) is 9.31. The summed E-state index contributed by atoms with van der Waals surface area (Å²) in [6.45, 7) is -0.368. The maximum atomic E-state index is 14.3. The number of halogens is 5. The van der Waals surface area contributed by atoms with Crippen LogP contribution in [-0.2, 0) is 24.2 Å². The zero-order chi connectivity index (χ0) is 24.6. The molecule has 1 aliphatic heterocycles. The van der Waals surface area contributed by atoms with E-state index in [2.05, 4.69) is 10.3 Å². The zero-order valence-electron chi connectivity index (χ0n) is 17.7. The minimum atomic E-state index is -4.99. The van der Waals surface area contributed by atoms with E-state index >= 15 is 0 Å². The van der Waals surface area contributed by atoms with E-state index in [0.717, 1.165) is 31.3 Å². The van der Waals surface area contributed by atoms with E-state index in [4.69, 9.17) is 9.47 Å². The summed E-state index contributed by atoms with van der Waals surface area (Å²) in [5.74, 6) is -4.44. The Bertz CT molecular complexity index is 1140. The van der Waals surface area contributed by atoms with Crippen molar-refractivity contribution in [3.63, 3.8) is 0 Å². The van der Waals surface area contributed by atoms with Crippen LogP contribution in [-0.4, -0.2) is 55.7 Å². The molecule has 2 unspecified atom stereocenters. The number of benzene rings is 1. The molecule has 1 aromatic carbocycles. The van der Waals surface area contributed by atoms with Crippen LogP contribution < -0.4 is 15.0 Å². The Kier molecular flexibility index (Phi) is 7.05. The van der Waals surface area contributed by atoms with Gasteiger partial charge in [0, 0.05) is 0 Å². The molecule has 1 fully saturated rings. The molecule has 1 aromatic heterocycles. The average molecular weight is 493 g/mol. The van der Waals surface area contributed by atoms with E-state index in [9.17, 15) is 30.8 Å². The number of hydrogen-bond donors (Lipinski definition) is 1. The van der Waals surface area contributed by atoms with Gasteiger partial charge < -0.3 is 0 Å². The first-order valence-corrected chi connectivity index (χ1v) is 11.0. The van der Waals surface area contributed by atoms with Gasteiger partial charge in [-0.25, -0.2) is 4.39 Å². The van der Waals surface area contributed by atoms with Gasteiger partial charge in [0.1, 0.15) is 0 Å².